The van der Waals surface area contributed by atoms with Gasteiger partial charge in [-0.25, -0.2) is 0 Å². The summed E-state index contributed by atoms with van der Waals surface area (Å²) in [5.41, 5.74) is 2.27. The molecule has 3 aromatic rings. The highest BCUT2D eigenvalue weighted by Gasteiger charge is 2.22. The van der Waals surface area contributed by atoms with Gasteiger partial charge < -0.3 is 14.6 Å². The number of para-hydroxylation sites is 1. The fraction of sp³-hybridized carbons (Fsp3) is 0.391. The van der Waals surface area contributed by atoms with Crippen molar-refractivity contribution in [3.63, 3.8) is 0 Å². The minimum Gasteiger partial charge on any atom is -0.468 e. The average molecular weight is 426 g/mol. The maximum Gasteiger partial charge on any atom is 0.325 e. The van der Waals surface area contributed by atoms with Gasteiger partial charge in [-0.2, -0.15) is 0 Å². The summed E-state index contributed by atoms with van der Waals surface area (Å²) in [4.78, 5) is 27.2. The summed E-state index contributed by atoms with van der Waals surface area (Å²) < 4.78 is 6.82. The van der Waals surface area contributed by atoms with E-state index in [0.717, 1.165) is 42.9 Å². The minimum absolute atomic E-state index is 0.0213. The highest BCUT2D eigenvalue weighted by molar-refractivity contribution is 7.12. The Morgan fingerprint density at radius 2 is 2.10 bits per heavy atom. The molecule has 1 aromatic carbocycles. The number of methoxy groups -OCH3 is 1. The third-order valence-corrected chi connectivity index (χ3v) is 6.56. The third-order valence-electron chi connectivity index (χ3n) is 5.69. The van der Waals surface area contributed by atoms with Gasteiger partial charge in [-0.3, -0.25) is 14.5 Å². The summed E-state index contributed by atoms with van der Waals surface area (Å²) in [6.45, 7) is 3.77. The number of benzene rings is 1. The quantitative estimate of drug-likeness (QED) is 0.589. The third kappa shape index (κ3) is 4.74. The predicted molar refractivity (Wildman–Crippen MR) is 119 cm³/mol. The Morgan fingerprint density at radius 1 is 1.23 bits per heavy atom. The summed E-state index contributed by atoms with van der Waals surface area (Å²) >= 11 is 1.47. The van der Waals surface area contributed by atoms with Gasteiger partial charge in [0.05, 0.1) is 12.0 Å². The van der Waals surface area contributed by atoms with Crippen molar-refractivity contribution in [1.82, 2.24) is 14.8 Å². The number of carbonyl (C=O) groups excluding carboxylic acids is 2. The van der Waals surface area contributed by atoms with E-state index in [4.69, 9.17) is 4.74 Å². The Morgan fingerprint density at radius 3 is 2.90 bits per heavy atom. The number of hydrogen-bond donors (Lipinski definition) is 1. The van der Waals surface area contributed by atoms with E-state index in [1.165, 1.54) is 29.4 Å². The average Bonchev–Trinajstić information content (AvgIpc) is 3.42. The molecule has 3 heterocycles. The van der Waals surface area contributed by atoms with E-state index in [-0.39, 0.29) is 18.4 Å². The van der Waals surface area contributed by atoms with Crippen LogP contribution in [-0.4, -0.2) is 48.1 Å². The normalized spacial score (nSPS) is 17.2. The molecule has 1 N–H and O–H groups in total. The molecule has 7 heteroatoms. The molecule has 1 aliphatic rings. The number of esters is 1. The van der Waals surface area contributed by atoms with Gasteiger partial charge in [0, 0.05) is 36.7 Å². The Bertz CT molecular complexity index is 1010. The molecule has 6 nitrogen and oxygen atoms in total. The van der Waals surface area contributed by atoms with Crippen LogP contribution in [0.25, 0.3) is 10.9 Å². The van der Waals surface area contributed by atoms with Crippen molar-refractivity contribution in [2.24, 2.45) is 5.92 Å². The molecular formula is C23H27N3O3S. The van der Waals surface area contributed by atoms with Crippen LogP contribution >= 0.6 is 11.3 Å². The number of piperidine rings is 1. The number of amides is 1. The van der Waals surface area contributed by atoms with Crippen molar-refractivity contribution in [1.29, 1.82) is 0 Å². The fourth-order valence-electron chi connectivity index (χ4n) is 4.22. The van der Waals surface area contributed by atoms with Crippen LogP contribution < -0.4 is 5.32 Å². The van der Waals surface area contributed by atoms with Crippen LogP contribution in [0.3, 0.4) is 0 Å². The number of rotatable bonds is 7. The predicted octanol–water partition coefficient (Wildman–Crippen LogP) is 3.52. The fourth-order valence-corrected chi connectivity index (χ4v) is 4.86. The summed E-state index contributed by atoms with van der Waals surface area (Å²) in [5, 5.41) is 6.19. The van der Waals surface area contributed by atoms with Crippen molar-refractivity contribution in [3.05, 3.63) is 58.4 Å². The zero-order chi connectivity index (χ0) is 20.9. The maximum atomic E-state index is 12.2. The zero-order valence-corrected chi connectivity index (χ0v) is 18.0. The molecular weight excluding hydrogens is 398 g/mol. The first-order valence-corrected chi connectivity index (χ1v) is 11.2. The van der Waals surface area contributed by atoms with E-state index in [9.17, 15) is 9.59 Å². The van der Waals surface area contributed by atoms with Crippen molar-refractivity contribution < 1.29 is 14.3 Å². The summed E-state index contributed by atoms with van der Waals surface area (Å²) in [7, 11) is 1.42. The van der Waals surface area contributed by atoms with E-state index < -0.39 is 0 Å². The van der Waals surface area contributed by atoms with Crippen molar-refractivity contribution in [2.45, 2.75) is 25.9 Å². The molecule has 1 saturated heterocycles. The highest BCUT2D eigenvalue weighted by atomic mass is 32.1. The first-order valence-electron chi connectivity index (χ1n) is 10.3. The second-order valence-electron chi connectivity index (χ2n) is 7.81. The van der Waals surface area contributed by atoms with E-state index in [0.29, 0.717) is 12.5 Å². The number of nitrogens with one attached hydrogen (secondary N) is 1. The van der Waals surface area contributed by atoms with Crippen LogP contribution in [0.1, 0.15) is 28.1 Å². The number of ether oxygens (including phenoxy) is 1. The van der Waals surface area contributed by atoms with Gasteiger partial charge >= 0.3 is 5.97 Å². The summed E-state index contributed by atoms with van der Waals surface area (Å²) in [5.74, 6) is 0.223. The Labute approximate surface area is 180 Å². The lowest BCUT2D eigenvalue weighted by molar-refractivity contribution is -0.141. The Kier molecular flexibility index (Phi) is 6.50. The van der Waals surface area contributed by atoms with E-state index >= 15 is 0 Å². The van der Waals surface area contributed by atoms with Crippen LogP contribution in [0.5, 0.6) is 0 Å². The lowest BCUT2D eigenvalue weighted by atomic mass is 9.97. The number of thiophene rings is 1. The number of likely N-dealkylation sites (tertiary alicyclic amines) is 1. The van der Waals surface area contributed by atoms with Crippen molar-refractivity contribution in [2.75, 3.05) is 26.7 Å². The molecule has 30 heavy (non-hydrogen) atoms. The van der Waals surface area contributed by atoms with Crippen LogP contribution in [0.2, 0.25) is 0 Å². The number of nitrogens with zero attached hydrogens (tertiary/aromatic N) is 2. The Balaban J connectivity index is 1.40. The van der Waals surface area contributed by atoms with Gasteiger partial charge in [0.15, 0.2) is 0 Å². The van der Waals surface area contributed by atoms with Crippen LogP contribution in [0.4, 0.5) is 0 Å². The molecule has 0 aliphatic carbocycles. The van der Waals surface area contributed by atoms with Gasteiger partial charge in [-0.1, -0.05) is 24.3 Å². The molecule has 1 aliphatic heterocycles. The topological polar surface area (TPSA) is 63.6 Å². The lowest BCUT2D eigenvalue weighted by Crippen LogP contribution is -2.40. The second kappa shape index (κ2) is 9.45. The van der Waals surface area contributed by atoms with Gasteiger partial charge in [0.25, 0.3) is 5.91 Å². The zero-order valence-electron chi connectivity index (χ0n) is 17.2. The van der Waals surface area contributed by atoms with Crippen LogP contribution in [0, 0.1) is 5.92 Å². The molecule has 1 unspecified atom stereocenters. The SMILES string of the molecule is COC(=O)Cn1cc(CN2CCCC(CNC(=O)c3cccs3)C2)c2ccccc21. The molecule has 0 bridgehead atoms. The largest absolute Gasteiger partial charge is 0.468 e. The van der Waals surface area contributed by atoms with Crippen LogP contribution in [-0.2, 0) is 22.6 Å². The lowest BCUT2D eigenvalue weighted by Gasteiger charge is -2.32. The summed E-state index contributed by atoms with van der Waals surface area (Å²) in [6, 6.07) is 11.9. The molecule has 0 spiro atoms. The molecule has 2 aromatic heterocycles. The molecule has 1 amide bonds. The monoisotopic (exact) mass is 425 g/mol. The standard InChI is InChI=1S/C23H27N3O3S/c1-29-22(27)16-26-15-18(19-7-2-3-8-20(19)26)14-25-10-4-6-17(13-25)12-24-23(28)21-9-5-11-30-21/h2-3,5,7-9,11,15,17H,4,6,10,12-14,16H2,1H3,(H,24,28). The van der Waals surface area contributed by atoms with Gasteiger partial charge in [0.2, 0.25) is 0 Å². The first-order chi connectivity index (χ1) is 14.6. The molecule has 4 rings (SSSR count). The minimum atomic E-state index is -0.248. The maximum absolute atomic E-state index is 12.2. The molecule has 1 atom stereocenters. The number of carbonyl (C=O) groups is 2. The second-order valence-corrected chi connectivity index (χ2v) is 8.75. The van der Waals surface area contributed by atoms with Gasteiger partial charge in [0.1, 0.15) is 6.54 Å². The smallest absolute Gasteiger partial charge is 0.325 e. The van der Waals surface area contributed by atoms with Gasteiger partial charge in [-0.05, 0) is 48.4 Å². The van der Waals surface area contributed by atoms with E-state index in [2.05, 4.69) is 22.5 Å². The molecule has 0 radical (unpaired) electrons. The summed E-state index contributed by atoms with van der Waals surface area (Å²) in [6.07, 6.45) is 4.33. The first kappa shape index (κ1) is 20.6. The Hall–Kier alpha value is -2.64. The number of hydrogen-bond acceptors (Lipinski definition) is 5. The highest BCUT2D eigenvalue weighted by Crippen LogP contribution is 2.25. The van der Waals surface area contributed by atoms with Crippen LogP contribution in [0.15, 0.2) is 48.0 Å². The number of aromatic nitrogens is 1. The number of fused-ring (bicyclic) bond motifs is 1. The van der Waals surface area contributed by atoms with Crippen molar-refractivity contribution in [3.8, 4) is 0 Å². The molecule has 158 valence electrons. The molecule has 1 fully saturated rings. The van der Waals surface area contributed by atoms with Crippen molar-refractivity contribution >= 4 is 34.1 Å². The van der Waals surface area contributed by atoms with Gasteiger partial charge in [-0.15, -0.1) is 11.3 Å². The van der Waals surface area contributed by atoms with E-state index in [1.54, 1.807) is 0 Å². The molecule has 0 saturated carbocycles. The van der Waals surface area contributed by atoms with E-state index in [1.807, 2.05) is 40.3 Å².